The highest BCUT2D eigenvalue weighted by atomic mass is 16.6. The molecular weight excluding hydrogens is 1050 g/mol. The standard InChI is InChI=1S/C81H152O5/c1-3-5-7-9-11-13-15-17-19-21-23-25-27-29-31-33-35-37-39-40-42-44-46-48-50-52-54-56-58-60-62-64-66-68-70-72-74-76-81(84)86-79(77-82)78-85-80(83)75-73-71-69-67-65-63-61-59-57-55-53-51-49-47-45-43-41-38-36-34-32-30-28-26-24-22-20-18-16-14-12-10-8-6-4-2/h15-18,21-24,79,82H,3-14,19-20,25-78H2,1-2H3/b17-15-,18-16-,23-21-,24-22-. The highest BCUT2D eigenvalue weighted by Crippen LogP contribution is 2.20. The Labute approximate surface area is 539 Å². The number of ether oxygens (including phenoxy) is 2. The second-order valence-corrected chi connectivity index (χ2v) is 26.8. The quantitative estimate of drug-likeness (QED) is 0.0373. The number of esters is 2. The minimum absolute atomic E-state index is 0.0589. The Morgan fingerprint density at radius 1 is 0.267 bits per heavy atom. The van der Waals surface area contributed by atoms with Gasteiger partial charge in [-0.05, 0) is 77.0 Å². The zero-order valence-electron chi connectivity index (χ0n) is 58.4. The van der Waals surface area contributed by atoms with Crippen LogP contribution in [0.1, 0.15) is 438 Å². The molecule has 0 bridgehead atoms. The highest BCUT2D eigenvalue weighted by Gasteiger charge is 2.16. The molecular formula is C81H152O5. The van der Waals surface area contributed by atoms with Crippen molar-refractivity contribution in [2.24, 2.45) is 0 Å². The van der Waals surface area contributed by atoms with Crippen molar-refractivity contribution in [1.29, 1.82) is 0 Å². The number of hydrogen-bond donors (Lipinski definition) is 1. The predicted octanol–water partition coefficient (Wildman–Crippen LogP) is 27.4. The summed E-state index contributed by atoms with van der Waals surface area (Å²) in [4.78, 5) is 24.7. The third-order valence-electron chi connectivity index (χ3n) is 18.1. The first-order valence-corrected chi connectivity index (χ1v) is 39.2. The van der Waals surface area contributed by atoms with Gasteiger partial charge in [-0.2, -0.15) is 0 Å². The Kier molecular flexibility index (Phi) is 75.2. The van der Waals surface area contributed by atoms with Gasteiger partial charge in [0.05, 0.1) is 6.61 Å². The van der Waals surface area contributed by atoms with Crippen molar-refractivity contribution in [3.05, 3.63) is 48.6 Å². The Hall–Kier alpha value is -2.14. The summed E-state index contributed by atoms with van der Waals surface area (Å²) < 4.78 is 10.8. The van der Waals surface area contributed by atoms with E-state index in [2.05, 4.69) is 62.5 Å². The summed E-state index contributed by atoms with van der Waals surface area (Å²) in [5.74, 6) is -0.563. The second kappa shape index (κ2) is 77.1. The molecule has 0 heterocycles. The van der Waals surface area contributed by atoms with Gasteiger partial charge >= 0.3 is 11.9 Å². The monoisotopic (exact) mass is 1210 g/mol. The maximum atomic E-state index is 12.4. The van der Waals surface area contributed by atoms with E-state index in [9.17, 15) is 14.7 Å². The molecule has 86 heavy (non-hydrogen) atoms. The minimum atomic E-state index is -0.770. The number of allylic oxidation sites excluding steroid dienone is 8. The molecule has 506 valence electrons. The minimum Gasteiger partial charge on any atom is -0.462 e. The van der Waals surface area contributed by atoms with Crippen LogP contribution < -0.4 is 0 Å². The van der Waals surface area contributed by atoms with Crippen molar-refractivity contribution in [3.63, 3.8) is 0 Å². The van der Waals surface area contributed by atoms with Crippen LogP contribution in [-0.2, 0) is 19.1 Å². The van der Waals surface area contributed by atoms with Crippen LogP contribution in [0.2, 0.25) is 0 Å². The van der Waals surface area contributed by atoms with E-state index in [1.165, 1.54) is 366 Å². The van der Waals surface area contributed by atoms with Gasteiger partial charge in [0.25, 0.3) is 0 Å². The number of aliphatic hydroxyl groups excluding tert-OH is 1. The van der Waals surface area contributed by atoms with Crippen LogP contribution in [0.15, 0.2) is 48.6 Å². The zero-order valence-corrected chi connectivity index (χ0v) is 58.4. The first kappa shape index (κ1) is 83.9. The van der Waals surface area contributed by atoms with Crippen molar-refractivity contribution in [2.75, 3.05) is 13.2 Å². The molecule has 0 saturated heterocycles. The van der Waals surface area contributed by atoms with Gasteiger partial charge in [-0.3, -0.25) is 9.59 Å². The van der Waals surface area contributed by atoms with Gasteiger partial charge in [-0.1, -0.05) is 396 Å². The van der Waals surface area contributed by atoms with Gasteiger partial charge in [0.2, 0.25) is 0 Å². The summed E-state index contributed by atoms with van der Waals surface area (Å²) in [6, 6.07) is 0. The number of carbonyl (C=O) groups is 2. The van der Waals surface area contributed by atoms with Gasteiger partial charge in [0, 0.05) is 12.8 Å². The molecule has 0 aromatic rings. The molecule has 0 spiro atoms. The van der Waals surface area contributed by atoms with Crippen LogP contribution in [0.25, 0.3) is 0 Å². The van der Waals surface area contributed by atoms with Crippen LogP contribution in [0.3, 0.4) is 0 Å². The lowest BCUT2D eigenvalue weighted by Gasteiger charge is -2.15. The van der Waals surface area contributed by atoms with E-state index in [-0.39, 0.29) is 25.2 Å². The number of unbranched alkanes of at least 4 members (excludes halogenated alkanes) is 58. The molecule has 0 aliphatic heterocycles. The van der Waals surface area contributed by atoms with Crippen molar-refractivity contribution < 1.29 is 24.2 Å². The molecule has 1 N–H and O–H groups in total. The summed E-state index contributed by atoms with van der Waals surface area (Å²) in [5.41, 5.74) is 0. The predicted molar refractivity (Wildman–Crippen MR) is 381 cm³/mol. The summed E-state index contributed by atoms with van der Waals surface area (Å²) >= 11 is 0. The first-order chi connectivity index (χ1) is 42.6. The number of carbonyl (C=O) groups excluding carboxylic acids is 2. The molecule has 0 amide bonds. The smallest absolute Gasteiger partial charge is 0.306 e. The molecule has 1 atom stereocenters. The maximum absolute atomic E-state index is 12.4. The van der Waals surface area contributed by atoms with Gasteiger partial charge in [-0.25, -0.2) is 0 Å². The molecule has 0 aromatic heterocycles. The van der Waals surface area contributed by atoms with Gasteiger partial charge in [0.1, 0.15) is 6.61 Å². The van der Waals surface area contributed by atoms with E-state index in [0.717, 1.165) is 44.9 Å². The number of rotatable bonds is 74. The van der Waals surface area contributed by atoms with Crippen LogP contribution in [0.5, 0.6) is 0 Å². The summed E-state index contributed by atoms with van der Waals surface area (Å²) in [7, 11) is 0. The van der Waals surface area contributed by atoms with Crippen LogP contribution >= 0.6 is 0 Å². The number of hydrogen-bond acceptors (Lipinski definition) is 5. The van der Waals surface area contributed by atoms with E-state index in [0.29, 0.717) is 12.8 Å². The van der Waals surface area contributed by atoms with Gasteiger partial charge in [-0.15, -0.1) is 0 Å². The van der Waals surface area contributed by atoms with Crippen molar-refractivity contribution in [3.8, 4) is 0 Å². The third-order valence-corrected chi connectivity index (χ3v) is 18.1. The molecule has 0 aromatic carbocycles. The van der Waals surface area contributed by atoms with Crippen molar-refractivity contribution >= 4 is 11.9 Å². The van der Waals surface area contributed by atoms with Gasteiger partial charge < -0.3 is 14.6 Å². The largest absolute Gasteiger partial charge is 0.462 e. The maximum Gasteiger partial charge on any atom is 0.306 e. The highest BCUT2D eigenvalue weighted by molar-refractivity contribution is 5.70. The Morgan fingerprint density at radius 3 is 0.686 bits per heavy atom. The molecule has 0 fully saturated rings. The fourth-order valence-corrected chi connectivity index (χ4v) is 12.2. The van der Waals surface area contributed by atoms with Crippen LogP contribution in [0, 0.1) is 0 Å². The Balaban J connectivity index is 3.36. The van der Waals surface area contributed by atoms with Crippen LogP contribution in [-0.4, -0.2) is 36.4 Å². The van der Waals surface area contributed by atoms with E-state index in [1.807, 2.05) is 0 Å². The zero-order chi connectivity index (χ0) is 61.9. The third kappa shape index (κ3) is 74.3. The molecule has 0 saturated carbocycles. The molecule has 0 aliphatic carbocycles. The van der Waals surface area contributed by atoms with Gasteiger partial charge in [0.15, 0.2) is 6.10 Å². The van der Waals surface area contributed by atoms with Crippen LogP contribution in [0.4, 0.5) is 0 Å². The fraction of sp³-hybridized carbons (Fsp3) is 0.877. The second-order valence-electron chi connectivity index (χ2n) is 26.8. The molecule has 1 unspecified atom stereocenters. The molecule has 0 aliphatic rings. The average Bonchev–Trinajstić information content (AvgIpc) is 3.53. The molecule has 0 radical (unpaired) electrons. The summed E-state index contributed by atoms with van der Waals surface area (Å²) in [6.45, 7) is 4.19. The molecule has 0 rings (SSSR count). The average molecular weight is 1210 g/mol. The van der Waals surface area contributed by atoms with E-state index < -0.39 is 6.10 Å². The normalized spacial score (nSPS) is 12.4. The molecule has 5 nitrogen and oxygen atoms in total. The lowest BCUT2D eigenvalue weighted by atomic mass is 10.0. The van der Waals surface area contributed by atoms with E-state index >= 15 is 0 Å². The Morgan fingerprint density at radius 2 is 0.465 bits per heavy atom. The summed E-state index contributed by atoms with van der Waals surface area (Å²) in [5, 5.41) is 9.72. The van der Waals surface area contributed by atoms with Crippen molar-refractivity contribution in [2.45, 2.75) is 444 Å². The summed E-state index contributed by atoms with van der Waals surface area (Å²) in [6.07, 6.45) is 105. The topological polar surface area (TPSA) is 72.8 Å². The number of aliphatic hydroxyl groups is 1. The lowest BCUT2D eigenvalue weighted by Crippen LogP contribution is -2.28. The fourth-order valence-electron chi connectivity index (χ4n) is 12.2. The first-order valence-electron chi connectivity index (χ1n) is 39.2. The van der Waals surface area contributed by atoms with E-state index in [4.69, 9.17) is 9.47 Å². The molecule has 5 heteroatoms. The SMILES string of the molecule is CCCCCCC/C=C\C/C=C\CCCCCCCCCCCCCCCCCCCCCCCCCCCC(=O)OC(CO)COC(=O)CCCCCCCCCCCCCCCCCCCCCCCCC/C=C\C/C=C\CCCCCCC. The lowest BCUT2D eigenvalue weighted by molar-refractivity contribution is -0.161. The van der Waals surface area contributed by atoms with Crippen molar-refractivity contribution in [1.82, 2.24) is 0 Å². The Bertz CT molecular complexity index is 1410. The van der Waals surface area contributed by atoms with E-state index in [1.54, 1.807) is 0 Å².